The van der Waals surface area contributed by atoms with Gasteiger partial charge in [-0.25, -0.2) is 9.18 Å². The molecular formula is C24H29FN4O3. The van der Waals surface area contributed by atoms with Gasteiger partial charge in [0, 0.05) is 38.2 Å². The van der Waals surface area contributed by atoms with Gasteiger partial charge in [0.25, 0.3) is 0 Å². The number of benzene rings is 2. The Kier molecular flexibility index (Phi) is 7.81. The van der Waals surface area contributed by atoms with Gasteiger partial charge in [0.15, 0.2) is 0 Å². The molecule has 32 heavy (non-hydrogen) atoms. The second kappa shape index (κ2) is 10.7. The van der Waals surface area contributed by atoms with Crippen molar-refractivity contribution in [3.05, 3.63) is 65.5 Å². The van der Waals surface area contributed by atoms with Crippen LogP contribution < -0.4 is 16.0 Å². The predicted molar refractivity (Wildman–Crippen MR) is 121 cm³/mol. The van der Waals surface area contributed by atoms with E-state index in [1.54, 1.807) is 17.0 Å². The lowest BCUT2D eigenvalue weighted by atomic mass is 10.0. The number of anilines is 1. The smallest absolute Gasteiger partial charge is 0.321 e. The minimum atomic E-state index is -0.749. The SMILES string of the molecule is CC(=O)N[C@H](Cc1ccc(F)cc1)C(=O)NC1CCN(C(=O)Nc2cccc(C)c2)CC1. The van der Waals surface area contributed by atoms with Gasteiger partial charge in [-0.1, -0.05) is 24.3 Å². The van der Waals surface area contributed by atoms with Crippen LogP contribution >= 0.6 is 0 Å². The third-order valence-corrected chi connectivity index (χ3v) is 5.44. The van der Waals surface area contributed by atoms with Crippen LogP contribution in [0.15, 0.2) is 48.5 Å². The molecule has 0 aromatic heterocycles. The average Bonchev–Trinajstić information content (AvgIpc) is 2.75. The van der Waals surface area contributed by atoms with E-state index in [1.807, 2.05) is 31.2 Å². The molecule has 1 aliphatic heterocycles. The summed E-state index contributed by atoms with van der Waals surface area (Å²) in [5.74, 6) is -0.949. The van der Waals surface area contributed by atoms with E-state index >= 15 is 0 Å². The molecule has 0 unspecified atom stereocenters. The number of aryl methyl sites for hydroxylation is 1. The first-order chi connectivity index (χ1) is 15.3. The molecule has 8 heteroatoms. The number of nitrogens with one attached hydrogen (secondary N) is 3. The molecule has 0 aliphatic carbocycles. The van der Waals surface area contributed by atoms with E-state index in [0.717, 1.165) is 16.8 Å². The summed E-state index contributed by atoms with van der Waals surface area (Å²) in [6, 6.07) is 12.5. The molecule has 0 bridgehead atoms. The van der Waals surface area contributed by atoms with Crippen molar-refractivity contribution in [1.29, 1.82) is 0 Å². The van der Waals surface area contributed by atoms with Gasteiger partial charge >= 0.3 is 6.03 Å². The number of nitrogens with zero attached hydrogens (tertiary/aromatic N) is 1. The predicted octanol–water partition coefficient (Wildman–Crippen LogP) is 2.99. The van der Waals surface area contributed by atoms with E-state index in [4.69, 9.17) is 0 Å². The summed E-state index contributed by atoms with van der Waals surface area (Å²) in [5.41, 5.74) is 2.57. The van der Waals surface area contributed by atoms with E-state index in [0.29, 0.717) is 25.9 Å². The van der Waals surface area contributed by atoms with Crippen molar-refractivity contribution in [1.82, 2.24) is 15.5 Å². The molecule has 3 rings (SSSR count). The Bertz CT molecular complexity index is 956. The Morgan fingerprint density at radius 3 is 2.41 bits per heavy atom. The number of halogens is 1. The van der Waals surface area contributed by atoms with E-state index in [2.05, 4.69) is 16.0 Å². The van der Waals surface area contributed by atoms with Gasteiger partial charge in [0.1, 0.15) is 11.9 Å². The lowest BCUT2D eigenvalue weighted by molar-refractivity contribution is -0.128. The minimum Gasteiger partial charge on any atom is -0.351 e. The van der Waals surface area contributed by atoms with Gasteiger partial charge in [-0.2, -0.15) is 0 Å². The number of hydrogen-bond acceptors (Lipinski definition) is 3. The maximum absolute atomic E-state index is 13.1. The monoisotopic (exact) mass is 440 g/mol. The number of urea groups is 1. The van der Waals surface area contributed by atoms with Crippen molar-refractivity contribution in [3.8, 4) is 0 Å². The molecule has 7 nitrogen and oxygen atoms in total. The largest absolute Gasteiger partial charge is 0.351 e. The molecule has 1 saturated heterocycles. The third-order valence-electron chi connectivity index (χ3n) is 5.44. The van der Waals surface area contributed by atoms with Crippen LogP contribution in [0.1, 0.15) is 30.9 Å². The molecule has 0 spiro atoms. The summed E-state index contributed by atoms with van der Waals surface area (Å²) in [7, 11) is 0. The Labute approximate surface area is 187 Å². The number of rotatable bonds is 6. The molecule has 1 aliphatic rings. The van der Waals surface area contributed by atoms with E-state index in [9.17, 15) is 18.8 Å². The summed E-state index contributed by atoms with van der Waals surface area (Å²) in [4.78, 5) is 38.6. The zero-order chi connectivity index (χ0) is 23.1. The first-order valence-corrected chi connectivity index (χ1v) is 10.7. The molecule has 3 N–H and O–H groups in total. The second-order valence-corrected chi connectivity index (χ2v) is 8.15. The van der Waals surface area contributed by atoms with Crippen molar-refractivity contribution in [3.63, 3.8) is 0 Å². The summed E-state index contributed by atoms with van der Waals surface area (Å²) in [5, 5.41) is 8.56. The topological polar surface area (TPSA) is 90.5 Å². The van der Waals surface area contributed by atoms with Gasteiger partial charge in [-0.3, -0.25) is 9.59 Å². The quantitative estimate of drug-likeness (QED) is 0.645. The van der Waals surface area contributed by atoms with Gasteiger partial charge < -0.3 is 20.9 Å². The minimum absolute atomic E-state index is 0.0880. The molecule has 1 atom stereocenters. The van der Waals surface area contributed by atoms with Crippen LogP contribution in [0.5, 0.6) is 0 Å². The summed E-state index contributed by atoms with van der Waals surface area (Å²) in [6.45, 7) is 4.36. The zero-order valence-corrected chi connectivity index (χ0v) is 18.4. The molecular weight excluding hydrogens is 411 g/mol. The van der Waals surface area contributed by atoms with Crippen LogP contribution in [-0.4, -0.2) is 47.9 Å². The fourth-order valence-corrected chi connectivity index (χ4v) is 3.76. The van der Waals surface area contributed by atoms with Crippen LogP contribution in [-0.2, 0) is 16.0 Å². The van der Waals surface area contributed by atoms with E-state index < -0.39 is 6.04 Å². The van der Waals surface area contributed by atoms with Gasteiger partial charge in [-0.15, -0.1) is 0 Å². The fraction of sp³-hybridized carbons (Fsp3) is 0.375. The van der Waals surface area contributed by atoms with Crippen LogP contribution in [0.2, 0.25) is 0 Å². The standard InChI is InChI=1S/C24H29FN4O3/c1-16-4-3-5-21(14-16)28-24(32)29-12-10-20(11-13-29)27-23(31)22(26-17(2)30)15-18-6-8-19(25)9-7-18/h3-9,14,20,22H,10-13,15H2,1-2H3,(H,26,30)(H,27,31)(H,28,32)/t22-/m1/s1. The van der Waals surface area contributed by atoms with Crippen molar-refractivity contribution < 1.29 is 18.8 Å². The highest BCUT2D eigenvalue weighted by Crippen LogP contribution is 2.15. The molecule has 2 aromatic rings. The first kappa shape index (κ1) is 23.2. The number of amides is 4. The van der Waals surface area contributed by atoms with Gasteiger partial charge in [0.05, 0.1) is 0 Å². The molecule has 4 amide bonds. The number of hydrogen-bond donors (Lipinski definition) is 3. The van der Waals surface area contributed by atoms with E-state index in [-0.39, 0.29) is 36.1 Å². The normalized spacial score (nSPS) is 15.0. The highest BCUT2D eigenvalue weighted by atomic mass is 19.1. The van der Waals surface area contributed by atoms with Gasteiger partial charge in [0.2, 0.25) is 11.8 Å². The van der Waals surface area contributed by atoms with Crippen molar-refractivity contribution in [2.24, 2.45) is 0 Å². The molecule has 1 heterocycles. The summed E-state index contributed by atoms with van der Waals surface area (Å²) >= 11 is 0. The third kappa shape index (κ3) is 6.80. The number of carbonyl (C=O) groups is 3. The average molecular weight is 441 g/mol. The highest BCUT2D eigenvalue weighted by Gasteiger charge is 2.27. The summed E-state index contributed by atoms with van der Waals surface area (Å²) < 4.78 is 13.1. The maximum Gasteiger partial charge on any atom is 0.321 e. The molecule has 0 radical (unpaired) electrons. The highest BCUT2D eigenvalue weighted by molar-refractivity contribution is 5.89. The zero-order valence-electron chi connectivity index (χ0n) is 18.4. The Balaban J connectivity index is 1.51. The van der Waals surface area contributed by atoms with Gasteiger partial charge in [-0.05, 0) is 55.2 Å². The molecule has 0 saturated carbocycles. The number of likely N-dealkylation sites (tertiary alicyclic amines) is 1. The Morgan fingerprint density at radius 2 is 1.78 bits per heavy atom. The number of piperidine rings is 1. The molecule has 2 aromatic carbocycles. The van der Waals surface area contributed by atoms with Crippen molar-refractivity contribution >= 4 is 23.5 Å². The van der Waals surface area contributed by atoms with E-state index in [1.165, 1.54) is 19.1 Å². The lowest BCUT2D eigenvalue weighted by Gasteiger charge is -2.33. The van der Waals surface area contributed by atoms with Crippen LogP contribution in [0.25, 0.3) is 0 Å². The van der Waals surface area contributed by atoms with Crippen molar-refractivity contribution in [2.75, 3.05) is 18.4 Å². The second-order valence-electron chi connectivity index (χ2n) is 8.15. The van der Waals surface area contributed by atoms with Crippen LogP contribution in [0, 0.1) is 12.7 Å². The number of carbonyl (C=O) groups excluding carboxylic acids is 3. The van der Waals surface area contributed by atoms with Crippen LogP contribution in [0.4, 0.5) is 14.9 Å². The Morgan fingerprint density at radius 1 is 1.09 bits per heavy atom. The van der Waals surface area contributed by atoms with Crippen molar-refractivity contribution in [2.45, 2.75) is 45.2 Å². The van der Waals surface area contributed by atoms with Crippen LogP contribution in [0.3, 0.4) is 0 Å². The summed E-state index contributed by atoms with van der Waals surface area (Å²) in [6.07, 6.45) is 1.51. The maximum atomic E-state index is 13.1. The molecule has 1 fully saturated rings. The lowest BCUT2D eigenvalue weighted by Crippen LogP contribution is -2.53. The Hall–Kier alpha value is -3.42. The molecule has 170 valence electrons. The first-order valence-electron chi connectivity index (χ1n) is 10.7. The fourth-order valence-electron chi connectivity index (χ4n) is 3.76.